The van der Waals surface area contributed by atoms with Gasteiger partial charge in [0.05, 0.1) is 6.04 Å². The van der Waals surface area contributed by atoms with Gasteiger partial charge >= 0.3 is 0 Å². The van der Waals surface area contributed by atoms with Gasteiger partial charge in [0.15, 0.2) is 0 Å². The third kappa shape index (κ3) is 4.66. The molecule has 0 aliphatic carbocycles. The van der Waals surface area contributed by atoms with Crippen molar-refractivity contribution in [2.45, 2.75) is 58.9 Å². The molecule has 1 aliphatic rings. The van der Waals surface area contributed by atoms with Gasteiger partial charge in [0.1, 0.15) is 0 Å². The summed E-state index contributed by atoms with van der Waals surface area (Å²) in [6.45, 7) is 9.23. The van der Waals surface area contributed by atoms with E-state index in [0.29, 0.717) is 11.8 Å². The second-order valence-corrected chi connectivity index (χ2v) is 5.25. The Hall–Kier alpha value is -0.570. The number of carbonyl (C=O) groups is 1. The Morgan fingerprint density at radius 1 is 1.35 bits per heavy atom. The van der Waals surface area contributed by atoms with Gasteiger partial charge in [0.25, 0.3) is 0 Å². The third-order valence-corrected chi connectivity index (χ3v) is 3.78. The molecule has 0 aromatic carbocycles. The van der Waals surface area contributed by atoms with Crippen molar-refractivity contribution < 1.29 is 4.79 Å². The van der Waals surface area contributed by atoms with Crippen molar-refractivity contribution in [1.82, 2.24) is 10.2 Å². The number of nitrogens with one attached hydrogen (secondary N) is 1. The van der Waals surface area contributed by atoms with Crippen molar-refractivity contribution in [3.63, 3.8) is 0 Å². The normalized spacial score (nSPS) is 22.9. The highest BCUT2D eigenvalue weighted by Gasteiger charge is 2.24. The van der Waals surface area contributed by atoms with Gasteiger partial charge in [-0.3, -0.25) is 4.79 Å². The van der Waals surface area contributed by atoms with Crippen LogP contribution in [0, 0.1) is 5.92 Å². The lowest BCUT2D eigenvalue weighted by atomic mass is 10.1. The smallest absolute Gasteiger partial charge is 0.239 e. The molecular formula is C14H28N2O. The number of hydrogen-bond acceptors (Lipinski definition) is 2. The molecule has 0 spiro atoms. The van der Waals surface area contributed by atoms with Crippen molar-refractivity contribution in [3.8, 4) is 0 Å². The summed E-state index contributed by atoms with van der Waals surface area (Å²) < 4.78 is 0. The predicted molar refractivity (Wildman–Crippen MR) is 72.0 cm³/mol. The van der Waals surface area contributed by atoms with E-state index >= 15 is 0 Å². The van der Waals surface area contributed by atoms with Gasteiger partial charge in [-0.2, -0.15) is 0 Å². The predicted octanol–water partition coefficient (Wildman–Crippen LogP) is 2.41. The summed E-state index contributed by atoms with van der Waals surface area (Å²) in [6.07, 6.45) is 5.80. The van der Waals surface area contributed by atoms with E-state index in [1.807, 2.05) is 4.90 Å². The Morgan fingerprint density at radius 2 is 2.12 bits per heavy atom. The second-order valence-electron chi connectivity index (χ2n) is 5.25. The summed E-state index contributed by atoms with van der Waals surface area (Å²) >= 11 is 0. The molecule has 2 unspecified atom stereocenters. The van der Waals surface area contributed by atoms with Crippen LogP contribution in [0.2, 0.25) is 0 Å². The monoisotopic (exact) mass is 240 g/mol. The Morgan fingerprint density at radius 3 is 2.76 bits per heavy atom. The van der Waals surface area contributed by atoms with Crippen LogP contribution in [0.4, 0.5) is 0 Å². The molecule has 3 nitrogen and oxygen atoms in total. The van der Waals surface area contributed by atoms with E-state index in [0.717, 1.165) is 32.5 Å². The van der Waals surface area contributed by atoms with E-state index in [1.165, 1.54) is 19.3 Å². The zero-order valence-electron chi connectivity index (χ0n) is 11.7. The van der Waals surface area contributed by atoms with E-state index in [-0.39, 0.29) is 6.04 Å². The maximum Gasteiger partial charge on any atom is 0.239 e. The van der Waals surface area contributed by atoms with E-state index in [2.05, 4.69) is 26.1 Å². The third-order valence-electron chi connectivity index (χ3n) is 3.78. The van der Waals surface area contributed by atoms with Crippen molar-refractivity contribution in [3.05, 3.63) is 0 Å². The van der Waals surface area contributed by atoms with Crippen LogP contribution >= 0.6 is 0 Å². The van der Waals surface area contributed by atoms with Crippen LogP contribution in [0.5, 0.6) is 0 Å². The van der Waals surface area contributed by atoms with Gasteiger partial charge in [0.2, 0.25) is 5.91 Å². The maximum atomic E-state index is 12.4. The fourth-order valence-electron chi connectivity index (χ4n) is 2.34. The van der Waals surface area contributed by atoms with Crippen molar-refractivity contribution in [1.29, 1.82) is 0 Å². The first-order valence-electron chi connectivity index (χ1n) is 7.21. The minimum Gasteiger partial charge on any atom is -0.341 e. The zero-order chi connectivity index (χ0) is 12.7. The molecule has 100 valence electrons. The molecule has 1 rings (SSSR count). The summed E-state index contributed by atoms with van der Waals surface area (Å²) in [5, 5.41) is 3.40. The summed E-state index contributed by atoms with van der Waals surface area (Å²) in [7, 11) is 0. The minimum atomic E-state index is 0.0708. The first-order valence-corrected chi connectivity index (χ1v) is 7.21. The van der Waals surface area contributed by atoms with E-state index < -0.39 is 0 Å². The van der Waals surface area contributed by atoms with Crippen LogP contribution in [0.3, 0.4) is 0 Å². The second kappa shape index (κ2) is 7.70. The van der Waals surface area contributed by atoms with Crippen molar-refractivity contribution in [2.24, 2.45) is 5.92 Å². The topological polar surface area (TPSA) is 32.3 Å². The molecule has 0 aromatic heterocycles. The molecule has 0 saturated carbocycles. The molecule has 0 radical (unpaired) electrons. The van der Waals surface area contributed by atoms with Gasteiger partial charge in [-0.25, -0.2) is 0 Å². The number of rotatable bonds is 5. The average molecular weight is 240 g/mol. The molecule has 0 aromatic rings. The summed E-state index contributed by atoms with van der Waals surface area (Å²) in [5.74, 6) is 0.916. The minimum absolute atomic E-state index is 0.0708. The Labute approximate surface area is 106 Å². The fraction of sp³-hybridized carbons (Fsp3) is 0.929. The molecule has 3 heteroatoms. The highest BCUT2D eigenvalue weighted by atomic mass is 16.2. The van der Waals surface area contributed by atoms with Gasteiger partial charge in [0, 0.05) is 13.1 Å². The van der Waals surface area contributed by atoms with E-state index in [1.54, 1.807) is 0 Å². The summed E-state index contributed by atoms with van der Waals surface area (Å²) in [5.41, 5.74) is 0. The number of nitrogens with zero attached hydrogens (tertiary/aromatic N) is 1. The zero-order valence-corrected chi connectivity index (χ0v) is 11.7. The fourth-order valence-corrected chi connectivity index (χ4v) is 2.34. The SMILES string of the molecule is CCC(C)CN(CC)C(=O)C1CCCCCN1. The van der Waals surface area contributed by atoms with Crippen molar-refractivity contribution in [2.75, 3.05) is 19.6 Å². The van der Waals surface area contributed by atoms with Crippen LogP contribution in [0.25, 0.3) is 0 Å². The molecule has 1 N–H and O–H groups in total. The molecule has 0 bridgehead atoms. The van der Waals surface area contributed by atoms with E-state index in [4.69, 9.17) is 0 Å². The van der Waals surface area contributed by atoms with Crippen molar-refractivity contribution >= 4 is 5.91 Å². The Bertz CT molecular complexity index is 222. The van der Waals surface area contributed by atoms with Crippen LogP contribution < -0.4 is 5.32 Å². The lowest BCUT2D eigenvalue weighted by Gasteiger charge is -2.28. The lowest BCUT2D eigenvalue weighted by molar-refractivity contribution is -0.134. The molecule has 1 aliphatic heterocycles. The van der Waals surface area contributed by atoms with Gasteiger partial charge < -0.3 is 10.2 Å². The quantitative estimate of drug-likeness (QED) is 0.800. The first-order chi connectivity index (χ1) is 8.19. The van der Waals surface area contributed by atoms with Gasteiger partial charge in [-0.15, -0.1) is 0 Å². The highest BCUT2D eigenvalue weighted by Crippen LogP contribution is 2.12. The number of hydrogen-bond donors (Lipinski definition) is 1. The average Bonchev–Trinajstić information content (AvgIpc) is 2.63. The molecule has 1 saturated heterocycles. The van der Waals surface area contributed by atoms with Gasteiger partial charge in [-0.05, 0) is 32.2 Å². The van der Waals surface area contributed by atoms with Gasteiger partial charge in [-0.1, -0.05) is 33.1 Å². The lowest BCUT2D eigenvalue weighted by Crippen LogP contribution is -2.47. The van der Waals surface area contributed by atoms with Crippen LogP contribution in [-0.2, 0) is 4.79 Å². The highest BCUT2D eigenvalue weighted by molar-refractivity contribution is 5.81. The number of likely N-dealkylation sites (N-methyl/N-ethyl adjacent to an activating group) is 1. The molecule has 2 atom stereocenters. The number of carbonyl (C=O) groups excluding carboxylic acids is 1. The molecule has 1 fully saturated rings. The summed E-state index contributed by atoms with van der Waals surface area (Å²) in [6, 6.07) is 0.0708. The molecule has 1 amide bonds. The standard InChI is InChI=1S/C14H28N2O/c1-4-12(3)11-16(5-2)14(17)13-9-7-6-8-10-15-13/h12-13,15H,4-11H2,1-3H3. The molecule has 1 heterocycles. The van der Waals surface area contributed by atoms with E-state index in [9.17, 15) is 4.79 Å². The Balaban J connectivity index is 2.51. The number of amides is 1. The summed E-state index contributed by atoms with van der Waals surface area (Å²) in [4.78, 5) is 14.4. The first kappa shape index (κ1) is 14.5. The Kier molecular flexibility index (Phi) is 6.56. The van der Waals surface area contributed by atoms with Crippen LogP contribution in [0.1, 0.15) is 52.9 Å². The van der Waals surface area contributed by atoms with Crippen LogP contribution in [0.15, 0.2) is 0 Å². The maximum absolute atomic E-state index is 12.4. The van der Waals surface area contributed by atoms with Crippen LogP contribution in [-0.4, -0.2) is 36.5 Å². The molecule has 17 heavy (non-hydrogen) atoms. The largest absolute Gasteiger partial charge is 0.341 e. The molecular weight excluding hydrogens is 212 g/mol.